The molecule has 2 atom stereocenters. The van der Waals surface area contributed by atoms with E-state index in [9.17, 15) is 21.9 Å². The van der Waals surface area contributed by atoms with Crippen molar-refractivity contribution in [2.75, 3.05) is 6.61 Å². The normalized spacial score (nSPS) is 14.6. The molecule has 0 aliphatic heterocycles. The van der Waals surface area contributed by atoms with Crippen LogP contribution in [-0.4, -0.2) is 54.4 Å². The summed E-state index contributed by atoms with van der Waals surface area (Å²) in [6, 6.07) is 0. The first-order chi connectivity index (χ1) is 12.5. The van der Waals surface area contributed by atoms with E-state index in [2.05, 4.69) is 6.92 Å². The number of unbranched alkanes of at least 4 members (excludes halogenated alkanes) is 9. The minimum atomic E-state index is -5.15. The Morgan fingerprint density at radius 2 is 1.21 bits per heavy atom. The predicted octanol–water partition coefficient (Wildman–Crippen LogP) is 0.282. The summed E-state index contributed by atoms with van der Waals surface area (Å²) >= 11 is 0. The second kappa shape index (κ2) is 16.4. The van der Waals surface area contributed by atoms with Crippen LogP contribution in [0.4, 0.5) is 0 Å². The molecule has 0 fully saturated rings. The van der Waals surface area contributed by atoms with Crippen molar-refractivity contribution in [3.63, 3.8) is 0 Å². The number of hydrogen-bond acceptors (Lipinski definition) is 6. The Morgan fingerprint density at radius 1 is 0.821 bits per heavy atom. The van der Waals surface area contributed by atoms with Gasteiger partial charge in [0.15, 0.2) is 0 Å². The van der Waals surface area contributed by atoms with Gasteiger partial charge >= 0.3 is 29.6 Å². The second-order valence-electron chi connectivity index (χ2n) is 7.04. The van der Waals surface area contributed by atoms with Crippen molar-refractivity contribution >= 4 is 20.2 Å². The van der Waals surface area contributed by atoms with Crippen molar-refractivity contribution in [1.82, 2.24) is 0 Å². The molecule has 0 spiro atoms. The van der Waals surface area contributed by atoms with E-state index < -0.39 is 43.6 Å². The molecule has 0 aromatic rings. The van der Waals surface area contributed by atoms with E-state index in [-0.39, 0.29) is 31.0 Å². The topological polar surface area (TPSA) is 138 Å². The molecule has 0 rings (SSSR count). The Hall–Kier alpha value is 0.740. The van der Waals surface area contributed by atoms with Crippen LogP contribution in [0.25, 0.3) is 0 Å². The van der Waals surface area contributed by atoms with E-state index >= 15 is 0 Å². The van der Waals surface area contributed by atoms with Crippen LogP contribution in [0.2, 0.25) is 0 Å². The molecule has 0 aliphatic rings. The van der Waals surface area contributed by atoms with E-state index in [0.717, 1.165) is 25.7 Å². The van der Waals surface area contributed by atoms with E-state index in [0.29, 0.717) is 6.42 Å². The minimum absolute atomic E-state index is 0. The molecule has 0 saturated heterocycles. The van der Waals surface area contributed by atoms with E-state index in [1.54, 1.807) is 6.92 Å². The Bertz CT molecular complexity index is 554. The molecule has 0 radical (unpaired) electrons. The molecule has 28 heavy (non-hydrogen) atoms. The summed E-state index contributed by atoms with van der Waals surface area (Å²) in [6.45, 7) is 2.85. The van der Waals surface area contributed by atoms with Crippen molar-refractivity contribution in [2.24, 2.45) is 0 Å². The fourth-order valence-electron chi connectivity index (χ4n) is 3.02. The van der Waals surface area contributed by atoms with E-state index in [4.69, 9.17) is 13.8 Å². The molecular formula is C17H37NaO8S2. The van der Waals surface area contributed by atoms with Crippen LogP contribution in [0.15, 0.2) is 0 Å². The molecule has 166 valence electrons. The smallest absolute Gasteiger partial charge is 1.00 e. The molecule has 0 aromatic carbocycles. The first-order valence-electron chi connectivity index (χ1n) is 9.73. The second-order valence-corrected chi connectivity index (χ2v) is 10.4. The summed E-state index contributed by atoms with van der Waals surface area (Å²) in [6.07, 6.45) is 9.90. The summed E-state index contributed by atoms with van der Waals surface area (Å²) < 4.78 is 65.6. The zero-order chi connectivity index (χ0) is 20.9. The fraction of sp³-hybridized carbons (Fsp3) is 1.00. The van der Waals surface area contributed by atoms with Crippen molar-refractivity contribution in [2.45, 2.75) is 101 Å². The summed E-state index contributed by atoms with van der Waals surface area (Å²) in [5.41, 5.74) is 0. The van der Waals surface area contributed by atoms with Crippen molar-refractivity contribution in [3.8, 4) is 0 Å². The average molecular weight is 457 g/mol. The number of ether oxygens (including phenoxy) is 1. The number of rotatable bonds is 17. The summed E-state index contributed by atoms with van der Waals surface area (Å²) in [7, 11) is -10.3. The van der Waals surface area contributed by atoms with Gasteiger partial charge in [0, 0.05) is 0 Å². The Labute approximate surface area is 194 Å². The summed E-state index contributed by atoms with van der Waals surface area (Å²) in [5.74, 6) is 0. The zero-order valence-electron chi connectivity index (χ0n) is 18.4. The third kappa shape index (κ3) is 14.7. The van der Waals surface area contributed by atoms with Gasteiger partial charge in [-0.2, -0.15) is 16.8 Å². The molecule has 0 heterocycles. The van der Waals surface area contributed by atoms with Gasteiger partial charge in [0.05, 0.1) is 12.7 Å². The standard InChI is InChI=1S/C17H36O8S2.Na.H/c1-3-4-5-6-7-8-9-10-11-12-13-15(2)25-16(14-18)17(26(19,20)21)27(22,23)24;;/h15-18H,3-14H2,1-2H3,(H,19,20,21)(H,22,23,24);;/q;+1;-1. The monoisotopic (exact) mass is 456 g/mol. The van der Waals surface area contributed by atoms with Gasteiger partial charge in [-0.1, -0.05) is 71.1 Å². The summed E-state index contributed by atoms with van der Waals surface area (Å²) in [5, 5.41) is 9.24. The van der Waals surface area contributed by atoms with E-state index in [1.165, 1.54) is 38.5 Å². The van der Waals surface area contributed by atoms with Crippen LogP contribution in [0, 0.1) is 0 Å². The van der Waals surface area contributed by atoms with E-state index in [1.807, 2.05) is 0 Å². The number of hydrogen-bond donors (Lipinski definition) is 3. The molecule has 0 saturated carbocycles. The maximum absolute atomic E-state index is 11.2. The van der Waals surface area contributed by atoms with Crippen LogP contribution in [0.1, 0.15) is 85.9 Å². The molecule has 11 heteroatoms. The van der Waals surface area contributed by atoms with Gasteiger partial charge in [-0.15, -0.1) is 0 Å². The van der Waals surface area contributed by atoms with Gasteiger partial charge in [0.2, 0.25) is 4.58 Å². The van der Waals surface area contributed by atoms with Gasteiger partial charge in [0.1, 0.15) is 6.10 Å². The van der Waals surface area contributed by atoms with Crippen LogP contribution in [0.5, 0.6) is 0 Å². The molecular weight excluding hydrogens is 419 g/mol. The van der Waals surface area contributed by atoms with Crippen LogP contribution < -0.4 is 29.6 Å². The maximum Gasteiger partial charge on any atom is 1.00 e. The van der Waals surface area contributed by atoms with Crippen LogP contribution in [-0.2, 0) is 25.0 Å². The first-order valence-corrected chi connectivity index (χ1v) is 12.7. The first kappa shape index (κ1) is 30.9. The number of aliphatic hydroxyl groups is 1. The van der Waals surface area contributed by atoms with Crippen molar-refractivity contribution in [1.29, 1.82) is 0 Å². The van der Waals surface area contributed by atoms with Gasteiger partial charge in [-0.25, -0.2) is 0 Å². The Balaban J connectivity index is -0.00000338. The average Bonchev–Trinajstić information content (AvgIpc) is 2.53. The zero-order valence-corrected chi connectivity index (χ0v) is 21.0. The van der Waals surface area contributed by atoms with Crippen molar-refractivity contribution < 1.29 is 66.8 Å². The van der Waals surface area contributed by atoms with Crippen LogP contribution >= 0.6 is 0 Å². The molecule has 0 aliphatic carbocycles. The van der Waals surface area contributed by atoms with Gasteiger partial charge < -0.3 is 11.3 Å². The molecule has 3 N–H and O–H groups in total. The van der Waals surface area contributed by atoms with Gasteiger partial charge in [-0.3, -0.25) is 9.11 Å². The van der Waals surface area contributed by atoms with Gasteiger partial charge in [-0.05, 0) is 13.3 Å². The largest absolute Gasteiger partial charge is 1.00 e. The summed E-state index contributed by atoms with van der Waals surface area (Å²) in [4.78, 5) is 0. The molecule has 8 nitrogen and oxygen atoms in total. The molecule has 2 unspecified atom stereocenters. The third-order valence-electron chi connectivity index (χ3n) is 4.44. The number of aliphatic hydroxyl groups excluding tert-OH is 1. The molecule has 0 aromatic heterocycles. The fourth-order valence-corrected chi connectivity index (χ4v) is 5.31. The molecule has 0 amide bonds. The van der Waals surface area contributed by atoms with Gasteiger partial charge in [0.25, 0.3) is 20.2 Å². The predicted molar refractivity (Wildman–Crippen MR) is 106 cm³/mol. The Morgan fingerprint density at radius 3 is 1.57 bits per heavy atom. The third-order valence-corrected chi connectivity index (χ3v) is 7.68. The minimum Gasteiger partial charge on any atom is -1.00 e. The van der Waals surface area contributed by atoms with Crippen LogP contribution in [0.3, 0.4) is 0 Å². The van der Waals surface area contributed by atoms with Crippen molar-refractivity contribution in [3.05, 3.63) is 0 Å². The Kier molecular flexibility index (Phi) is 18.2. The SMILES string of the molecule is CCCCCCCCCCCCC(C)OC(CO)C(S(=O)(=O)O)S(=O)(=O)O.[H-].[Na+]. The molecule has 0 bridgehead atoms. The quantitative estimate of drug-likeness (QED) is 0.161. The maximum atomic E-state index is 11.2.